The lowest BCUT2D eigenvalue weighted by Crippen LogP contribution is -2.33. The molecule has 114 valence electrons. The minimum atomic E-state index is -0.171. The van der Waals surface area contributed by atoms with Crippen molar-refractivity contribution < 1.29 is 4.79 Å². The zero-order valence-electron chi connectivity index (χ0n) is 12.0. The summed E-state index contributed by atoms with van der Waals surface area (Å²) in [6.07, 6.45) is 4.41. The summed E-state index contributed by atoms with van der Waals surface area (Å²) in [4.78, 5) is 15.5. The van der Waals surface area contributed by atoms with Gasteiger partial charge in [0, 0.05) is 16.6 Å². The van der Waals surface area contributed by atoms with E-state index in [4.69, 9.17) is 28.6 Å². The molecule has 0 saturated carbocycles. The minimum absolute atomic E-state index is 0.171. The number of amides is 2. The molecule has 1 aromatic rings. The van der Waals surface area contributed by atoms with Crippen LogP contribution in [0.4, 0.5) is 10.5 Å². The second kappa shape index (κ2) is 7.14. The third-order valence-electron chi connectivity index (χ3n) is 3.46. The predicted octanol–water partition coefficient (Wildman–Crippen LogP) is 4.79. The molecule has 1 aromatic carbocycles. The van der Waals surface area contributed by atoms with Gasteiger partial charge in [0.25, 0.3) is 0 Å². The van der Waals surface area contributed by atoms with Crippen LogP contribution in [0.2, 0.25) is 10.0 Å². The summed E-state index contributed by atoms with van der Waals surface area (Å²) in [5.74, 6) is 0.258. The summed E-state index contributed by atoms with van der Waals surface area (Å²) in [7, 11) is 0. The summed E-state index contributed by atoms with van der Waals surface area (Å²) in [5, 5.41) is 8.95. The molecule has 0 atom stereocenters. The van der Waals surface area contributed by atoms with E-state index < -0.39 is 0 Å². The SMILES string of the molecule is CCCCCCN1CC(=N)N(c2cc(Cl)cc(Cl)c2)C1=O. The van der Waals surface area contributed by atoms with E-state index in [9.17, 15) is 4.79 Å². The largest absolute Gasteiger partial charge is 0.330 e. The first kappa shape index (κ1) is 16.1. The summed E-state index contributed by atoms with van der Waals surface area (Å²) in [6.45, 7) is 3.18. The fourth-order valence-corrected chi connectivity index (χ4v) is 2.93. The highest BCUT2D eigenvalue weighted by Crippen LogP contribution is 2.28. The molecule has 1 aliphatic heterocycles. The highest BCUT2D eigenvalue weighted by atomic mass is 35.5. The normalized spacial score (nSPS) is 15.2. The van der Waals surface area contributed by atoms with E-state index in [1.807, 2.05) is 0 Å². The summed E-state index contributed by atoms with van der Waals surface area (Å²) >= 11 is 11.9. The maximum absolute atomic E-state index is 12.4. The zero-order valence-corrected chi connectivity index (χ0v) is 13.5. The van der Waals surface area contributed by atoms with Crippen LogP contribution in [0.25, 0.3) is 0 Å². The number of carbonyl (C=O) groups is 1. The average Bonchev–Trinajstić information content (AvgIpc) is 2.68. The molecular formula is C15H19Cl2N3O. The van der Waals surface area contributed by atoms with Crippen LogP contribution in [0.15, 0.2) is 18.2 Å². The van der Waals surface area contributed by atoms with Crippen molar-refractivity contribution in [2.45, 2.75) is 32.6 Å². The predicted molar refractivity (Wildman–Crippen MR) is 87.8 cm³/mol. The van der Waals surface area contributed by atoms with Crippen LogP contribution >= 0.6 is 23.2 Å². The Bertz CT molecular complexity index is 527. The molecule has 21 heavy (non-hydrogen) atoms. The van der Waals surface area contributed by atoms with Crippen molar-refractivity contribution in [3.8, 4) is 0 Å². The van der Waals surface area contributed by atoms with E-state index in [2.05, 4.69) is 6.92 Å². The van der Waals surface area contributed by atoms with Gasteiger partial charge in [-0.05, 0) is 24.6 Å². The monoisotopic (exact) mass is 327 g/mol. The van der Waals surface area contributed by atoms with E-state index in [1.54, 1.807) is 23.1 Å². The fourth-order valence-electron chi connectivity index (χ4n) is 2.41. The number of carbonyl (C=O) groups excluding carboxylic acids is 1. The van der Waals surface area contributed by atoms with Gasteiger partial charge >= 0.3 is 6.03 Å². The molecule has 0 aliphatic carbocycles. The third-order valence-corrected chi connectivity index (χ3v) is 3.90. The summed E-state index contributed by atoms with van der Waals surface area (Å²) in [6, 6.07) is 4.75. The van der Waals surface area contributed by atoms with Crippen molar-refractivity contribution >= 4 is 40.8 Å². The van der Waals surface area contributed by atoms with Gasteiger partial charge < -0.3 is 4.90 Å². The molecule has 1 saturated heterocycles. The van der Waals surface area contributed by atoms with E-state index in [1.165, 1.54) is 11.3 Å². The first-order valence-corrected chi connectivity index (χ1v) is 7.91. The smallest absolute Gasteiger partial charge is 0.317 e. The summed E-state index contributed by atoms with van der Waals surface area (Å²) in [5.41, 5.74) is 0.554. The molecule has 2 rings (SSSR count). The first-order chi connectivity index (χ1) is 10.0. The lowest BCUT2D eigenvalue weighted by Gasteiger charge is -2.18. The standard InChI is InChI=1S/C15H19Cl2N3O/c1-2-3-4-5-6-19-10-14(18)20(15(19)21)13-8-11(16)7-12(17)9-13/h7-9,18H,2-6,10H2,1H3. The molecular weight excluding hydrogens is 309 g/mol. The molecule has 4 nitrogen and oxygen atoms in total. The molecule has 1 fully saturated rings. The van der Waals surface area contributed by atoms with Crippen molar-refractivity contribution in [2.75, 3.05) is 18.0 Å². The van der Waals surface area contributed by atoms with Crippen molar-refractivity contribution in [2.24, 2.45) is 0 Å². The molecule has 0 radical (unpaired) electrons. The van der Waals surface area contributed by atoms with Crippen molar-refractivity contribution in [3.63, 3.8) is 0 Å². The highest BCUT2D eigenvalue weighted by Gasteiger charge is 2.34. The molecule has 0 bridgehead atoms. The van der Waals surface area contributed by atoms with E-state index >= 15 is 0 Å². The Morgan fingerprint density at radius 2 is 1.81 bits per heavy atom. The van der Waals surface area contributed by atoms with Gasteiger partial charge in [0.05, 0.1) is 12.2 Å². The Balaban J connectivity index is 2.07. The van der Waals surface area contributed by atoms with Gasteiger partial charge in [0.15, 0.2) is 0 Å². The van der Waals surface area contributed by atoms with Gasteiger partial charge in [-0.25, -0.2) is 9.69 Å². The molecule has 0 spiro atoms. The quantitative estimate of drug-likeness (QED) is 0.750. The van der Waals surface area contributed by atoms with Gasteiger partial charge in [-0.2, -0.15) is 0 Å². The van der Waals surface area contributed by atoms with Crippen LogP contribution in [-0.4, -0.2) is 29.9 Å². The summed E-state index contributed by atoms with van der Waals surface area (Å²) < 4.78 is 0. The molecule has 1 N–H and O–H groups in total. The Morgan fingerprint density at radius 3 is 2.43 bits per heavy atom. The van der Waals surface area contributed by atoms with Crippen LogP contribution in [0.5, 0.6) is 0 Å². The Hall–Kier alpha value is -1.26. The van der Waals surface area contributed by atoms with Crippen LogP contribution in [0.3, 0.4) is 0 Å². The number of rotatable bonds is 6. The van der Waals surface area contributed by atoms with Crippen molar-refractivity contribution in [1.29, 1.82) is 5.41 Å². The van der Waals surface area contributed by atoms with Gasteiger partial charge in [-0.1, -0.05) is 49.4 Å². The maximum Gasteiger partial charge on any atom is 0.330 e. The van der Waals surface area contributed by atoms with Crippen LogP contribution in [0.1, 0.15) is 32.6 Å². The van der Waals surface area contributed by atoms with Gasteiger partial charge in [0.1, 0.15) is 5.84 Å². The number of hydrogen-bond acceptors (Lipinski definition) is 2. The molecule has 0 unspecified atom stereocenters. The number of amidine groups is 1. The number of halogens is 2. The minimum Gasteiger partial charge on any atom is -0.317 e. The number of benzene rings is 1. The number of nitrogens with one attached hydrogen (secondary N) is 1. The first-order valence-electron chi connectivity index (χ1n) is 7.15. The zero-order chi connectivity index (χ0) is 15.4. The van der Waals surface area contributed by atoms with Crippen LogP contribution < -0.4 is 4.90 Å². The topological polar surface area (TPSA) is 47.4 Å². The number of nitrogens with zero attached hydrogens (tertiary/aromatic N) is 2. The van der Waals surface area contributed by atoms with Crippen LogP contribution in [0, 0.1) is 5.41 Å². The second-order valence-electron chi connectivity index (χ2n) is 5.17. The van der Waals surface area contributed by atoms with E-state index in [-0.39, 0.29) is 11.9 Å². The Kier molecular flexibility index (Phi) is 5.48. The lowest BCUT2D eigenvalue weighted by atomic mass is 10.2. The van der Waals surface area contributed by atoms with E-state index in [0.717, 1.165) is 19.3 Å². The maximum atomic E-state index is 12.4. The number of hydrogen-bond donors (Lipinski definition) is 1. The average molecular weight is 328 g/mol. The molecule has 2 amide bonds. The van der Waals surface area contributed by atoms with Crippen molar-refractivity contribution in [3.05, 3.63) is 28.2 Å². The van der Waals surface area contributed by atoms with Gasteiger partial charge in [-0.3, -0.25) is 5.41 Å². The number of urea groups is 1. The highest BCUT2D eigenvalue weighted by molar-refractivity contribution is 6.35. The molecule has 6 heteroatoms. The Morgan fingerprint density at radius 1 is 1.14 bits per heavy atom. The Labute approximate surface area is 135 Å². The molecule has 0 aromatic heterocycles. The van der Waals surface area contributed by atoms with E-state index in [0.29, 0.717) is 28.8 Å². The number of unbranched alkanes of at least 4 members (excludes halogenated alkanes) is 3. The number of anilines is 1. The second-order valence-corrected chi connectivity index (χ2v) is 6.05. The lowest BCUT2D eigenvalue weighted by molar-refractivity contribution is 0.220. The van der Waals surface area contributed by atoms with Gasteiger partial charge in [0.2, 0.25) is 0 Å². The fraction of sp³-hybridized carbons (Fsp3) is 0.467. The molecule has 1 aliphatic rings. The van der Waals surface area contributed by atoms with Gasteiger partial charge in [-0.15, -0.1) is 0 Å². The van der Waals surface area contributed by atoms with Crippen molar-refractivity contribution in [1.82, 2.24) is 4.90 Å². The van der Waals surface area contributed by atoms with Crippen LogP contribution in [-0.2, 0) is 0 Å². The molecule has 1 heterocycles. The third kappa shape index (κ3) is 3.89.